The number of carboxylic acids is 1. The van der Waals surface area contributed by atoms with Crippen molar-refractivity contribution in [1.29, 1.82) is 0 Å². The second-order valence-electron chi connectivity index (χ2n) is 9.63. The van der Waals surface area contributed by atoms with Gasteiger partial charge in [-0.3, -0.25) is 14.9 Å². The van der Waals surface area contributed by atoms with Gasteiger partial charge in [-0.2, -0.15) is 4.89 Å². The number of hydrogen-bond acceptors (Lipinski definition) is 7. The van der Waals surface area contributed by atoms with E-state index in [1.165, 1.54) is 29.0 Å². The van der Waals surface area contributed by atoms with Crippen LogP contribution >= 0.6 is 0 Å². The highest BCUT2D eigenvalue weighted by molar-refractivity contribution is 6.29. The van der Waals surface area contributed by atoms with E-state index in [0.29, 0.717) is 27.6 Å². The molecule has 1 fully saturated rings. The maximum absolute atomic E-state index is 13.7. The molecule has 2 aromatic heterocycles. The van der Waals surface area contributed by atoms with Gasteiger partial charge in [0.15, 0.2) is 11.5 Å². The summed E-state index contributed by atoms with van der Waals surface area (Å²) in [6, 6.07) is 9.39. The van der Waals surface area contributed by atoms with Gasteiger partial charge in [-0.1, -0.05) is 18.2 Å². The molecule has 2 heterocycles. The number of nitrogens with zero attached hydrogens (tertiary/aromatic N) is 2. The van der Waals surface area contributed by atoms with Crippen molar-refractivity contribution in [2.24, 2.45) is 11.8 Å². The highest BCUT2D eigenvalue weighted by Gasteiger charge is 2.40. The maximum atomic E-state index is 13.7. The monoisotopic (exact) mass is 528 g/mol. The molecule has 0 aliphatic heterocycles. The highest BCUT2D eigenvalue weighted by atomic mass is 17.2. The summed E-state index contributed by atoms with van der Waals surface area (Å²) >= 11 is 0. The van der Waals surface area contributed by atoms with Crippen LogP contribution in [0.1, 0.15) is 41.4 Å². The predicted octanol–water partition coefficient (Wildman–Crippen LogP) is 5.92. The summed E-state index contributed by atoms with van der Waals surface area (Å²) < 4.78 is 7.36. The number of aromatic nitrogens is 1. The lowest BCUT2D eigenvalue weighted by atomic mass is 9.70. The number of ketones is 1. The fourth-order valence-corrected chi connectivity index (χ4v) is 5.55. The minimum absolute atomic E-state index is 0.0994. The summed E-state index contributed by atoms with van der Waals surface area (Å²) in [6.45, 7) is 1.86. The van der Waals surface area contributed by atoms with Gasteiger partial charge in [0.05, 0.1) is 35.2 Å². The minimum Gasteiger partial charge on any atom is -0.477 e. The number of benzene rings is 2. The van der Waals surface area contributed by atoms with Crippen LogP contribution in [0, 0.1) is 22.0 Å². The Morgan fingerprint density at radius 2 is 2.08 bits per heavy atom. The molecule has 0 saturated heterocycles. The van der Waals surface area contributed by atoms with Crippen molar-refractivity contribution in [1.82, 2.24) is 4.57 Å². The van der Waals surface area contributed by atoms with E-state index in [-0.39, 0.29) is 53.5 Å². The molecule has 2 atom stereocenters. The lowest BCUT2D eigenvalue weighted by Crippen LogP contribution is -2.31. The van der Waals surface area contributed by atoms with E-state index in [4.69, 9.17) is 14.2 Å². The van der Waals surface area contributed by atoms with Gasteiger partial charge in [0.1, 0.15) is 11.3 Å². The van der Waals surface area contributed by atoms with Crippen molar-refractivity contribution in [2.45, 2.75) is 26.3 Å². The number of hydrogen-bond donors (Lipinski definition) is 1. The first-order valence-corrected chi connectivity index (χ1v) is 12.6. The van der Waals surface area contributed by atoms with Gasteiger partial charge < -0.3 is 19.0 Å². The van der Waals surface area contributed by atoms with Gasteiger partial charge in [0.25, 0.3) is 5.69 Å². The summed E-state index contributed by atoms with van der Waals surface area (Å²) in [5, 5.41) is 23.4. The molecule has 0 radical (unpaired) electrons. The third kappa shape index (κ3) is 4.00. The Balaban J connectivity index is 1.62. The first-order valence-electron chi connectivity index (χ1n) is 12.6. The van der Waals surface area contributed by atoms with Crippen LogP contribution in [0.3, 0.4) is 0 Å². The van der Waals surface area contributed by atoms with Crippen LogP contribution in [0.2, 0.25) is 0 Å². The van der Waals surface area contributed by atoms with E-state index in [2.05, 4.69) is 0 Å². The molecule has 4 aromatic rings. The largest absolute Gasteiger partial charge is 0.477 e. The lowest BCUT2D eigenvalue weighted by Gasteiger charge is -2.32. The summed E-state index contributed by atoms with van der Waals surface area (Å²) in [4.78, 5) is 48.1. The molecular formula is C29H24N2O8. The molecule has 39 heavy (non-hydrogen) atoms. The molecule has 1 unspecified atom stereocenters. The van der Waals surface area contributed by atoms with Crippen molar-refractivity contribution >= 4 is 44.9 Å². The van der Waals surface area contributed by atoms with Crippen molar-refractivity contribution in [3.63, 3.8) is 0 Å². The Hall–Kier alpha value is -4.70. The zero-order chi connectivity index (χ0) is 27.3. The van der Waals surface area contributed by atoms with Gasteiger partial charge in [0, 0.05) is 40.1 Å². The molecule has 1 saturated carbocycles. The van der Waals surface area contributed by atoms with Crippen LogP contribution in [0.4, 0.5) is 5.69 Å². The van der Waals surface area contributed by atoms with E-state index in [0.717, 1.165) is 18.2 Å². The molecule has 198 valence electrons. The second-order valence-corrected chi connectivity index (χ2v) is 9.63. The number of Topliss-reactive ketones (excluding diaryl/α,β-unsaturated/α-hetero) is 1. The highest BCUT2D eigenvalue weighted by Crippen LogP contribution is 2.45. The molecule has 10 nitrogen and oxygen atoms in total. The topological polar surface area (TPSA) is 134 Å². The van der Waals surface area contributed by atoms with E-state index >= 15 is 0 Å². The first kappa shape index (κ1) is 24.6. The van der Waals surface area contributed by atoms with Crippen LogP contribution < -0.4 is 4.89 Å². The van der Waals surface area contributed by atoms with Crippen LogP contribution in [-0.2, 0) is 16.2 Å². The lowest BCUT2D eigenvalue weighted by molar-refractivity contribution is -0.385. The zero-order valence-corrected chi connectivity index (χ0v) is 21.0. The van der Waals surface area contributed by atoms with Crippen molar-refractivity contribution in [2.75, 3.05) is 6.61 Å². The third-order valence-electron chi connectivity index (χ3n) is 7.52. The first-order chi connectivity index (χ1) is 18.9. The maximum Gasteiger partial charge on any atom is 0.353 e. The molecule has 0 amide bonds. The Kier molecular flexibility index (Phi) is 6.03. The smallest absolute Gasteiger partial charge is 0.353 e. The number of nitro groups is 1. The summed E-state index contributed by atoms with van der Waals surface area (Å²) in [5.41, 5.74) is 1.59. The summed E-state index contributed by atoms with van der Waals surface area (Å²) in [6.07, 6.45) is 8.69. The molecule has 0 bridgehead atoms. The molecular weight excluding hydrogens is 504 g/mol. The molecule has 6 rings (SSSR count). The van der Waals surface area contributed by atoms with Crippen LogP contribution in [-0.4, -0.2) is 33.0 Å². The molecule has 2 aliphatic rings. The standard InChI is InChI=1S/C29H24N2O8/c1-2-38-39-23-11-8-19(31(35)36)14-18(23)15-30-22-10-7-17-12-13-37-28(17)25(22)24(26(30)29(33)34)21-5-3-4-16-6-9-20(16)27(21)32/h3-5,7-8,10-14,16,20H,2,6,9,15H2,1H3,(H,33,34)/t16-,20?/m0/s1. The average molecular weight is 529 g/mol. The molecule has 1 N–H and O–H groups in total. The SMILES string of the molecule is CCOOc1ccc([N+](=O)[O-])cc1Cn1c(C(=O)O)c(C2=CC=C[C@H]3CCC3C2=O)c2c3occc3ccc21. The van der Waals surface area contributed by atoms with Crippen molar-refractivity contribution in [3.05, 3.63) is 87.8 Å². The Morgan fingerprint density at radius 1 is 1.23 bits per heavy atom. The fraction of sp³-hybridized carbons (Fsp3) is 0.241. The van der Waals surface area contributed by atoms with Crippen molar-refractivity contribution < 1.29 is 33.8 Å². The number of allylic oxidation sites excluding steroid dienone is 4. The molecule has 2 aliphatic carbocycles. The Bertz CT molecular complexity index is 1720. The number of aromatic carboxylic acids is 1. The van der Waals surface area contributed by atoms with Crippen LogP contribution in [0.15, 0.2) is 65.3 Å². The van der Waals surface area contributed by atoms with Gasteiger partial charge >= 0.3 is 5.97 Å². The average Bonchev–Trinajstić information content (AvgIpc) is 3.47. The second kappa shape index (κ2) is 9.55. The van der Waals surface area contributed by atoms with Crippen LogP contribution in [0.25, 0.3) is 27.4 Å². The number of nitro benzene ring substituents is 1. The Morgan fingerprint density at radius 3 is 2.79 bits per heavy atom. The number of carboxylic acid groups (broad SMARTS) is 1. The van der Waals surface area contributed by atoms with E-state index in [9.17, 15) is 24.8 Å². The molecule has 10 heteroatoms. The van der Waals surface area contributed by atoms with Gasteiger partial charge in [-0.15, -0.1) is 0 Å². The number of carbonyl (C=O) groups is 2. The fourth-order valence-electron chi connectivity index (χ4n) is 5.55. The third-order valence-corrected chi connectivity index (χ3v) is 7.52. The van der Waals surface area contributed by atoms with Crippen molar-refractivity contribution in [3.8, 4) is 5.75 Å². The van der Waals surface area contributed by atoms with Crippen LogP contribution in [0.5, 0.6) is 5.75 Å². The Labute approximate surface area is 221 Å². The van der Waals surface area contributed by atoms with Gasteiger partial charge in [0.2, 0.25) is 0 Å². The number of furan rings is 1. The zero-order valence-electron chi connectivity index (χ0n) is 21.0. The summed E-state index contributed by atoms with van der Waals surface area (Å²) in [5.74, 6) is -1.19. The number of fused-ring (bicyclic) bond motifs is 4. The van der Waals surface area contributed by atoms with Gasteiger partial charge in [-0.05, 0) is 49.9 Å². The quantitative estimate of drug-likeness (QED) is 0.169. The minimum atomic E-state index is -1.24. The van der Waals surface area contributed by atoms with E-state index in [1.807, 2.05) is 18.2 Å². The summed E-state index contributed by atoms with van der Waals surface area (Å²) in [7, 11) is 0. The number of rotatable bonds is 8. The number of carbonyl (C=O) groups excluding carboxylic acids is 1. The molecule has 0 spiro atoms. The van der Waals surface area contributed by atoms with Gasteiger partial charge in [-0.25, -0.2) is 4.79 Å². The predicted molar refractivity (Wildman–Crippen MR) is 141 cm³/mol. The molecule has 2 aromatic carbocycles. The van der Waals surface area contributed by atoms with E-state index in [1.54, 1.807) is 25.1 Å². The number of non-ortho nitro benzene ring substituents is 1. The van der Waals surface area contributed by atoms with E-state index < -0.39 is 10.9 Å². The normalized spacial score (nSPS) is 18.5.